The first-order chi connectivity index (χ1) is 12.3. The first-order valence-corrected chi connectivity index (χ1v) is 10.6. The summed E-state index contributed by atoms with van der Waals surface area (Å²) in [5.74, 6) is 0.168. The highest BCUT2D eigenvalue weighted by atomic mass is 16.2. The van der Waals surface area contributed by atoms with Crippen molar-refractivity contribution in [1.29, 1.82) is 0 Å². The number of likely N-dealkylation sites (tertiary alicyclic amines) is 1. The van der Waals surface area contributed by atoms with Crippen LogP contribution in [-0.4, -0.2) is 48.4 Å². The summed E-state index contributed by atoms with van der Waals surface area (Å²) < 4.78 is 0. The molecule has 1 aliphatic carbocycles. The van der Waals surface area contributed by atoms with Gasteiger partial charge in [0.05, 0.1) is 0 Å². The van der Waals surface area contributed by atoms with Crippen LogP contribution < -0.4 is 10.6 Å². The molecule has 5 nitrogen and oxygen atoms in total. The molecular formula is C21H39N3O2. The van der Waals surface area contributed by atoms with Crippen molar-refractivity contribution in [3.63, 3.8) is 0 Å². The number of hydrogen-bond acceptors (Lipinski definition) is 3. The van der Waals surface area contributed by atoms with Crippen LogP contribution in [0, 0.1) is 5.41 Å². The van der Waals surface area contributed by atoms with E-state index >= 15 is 0 Å². The van der Waals surface area contributed by atoms with Crippen LogP contribution in [0.5, 0.6) is 0 Å². The summed E-state index contributed by atoms with van der Waals surface area (Å²) in [6.07, 6.45) is 11.5. The Morgan fingerprint density at radius 1 is 0.923 bits per heavy atom. The van der Waals surface area contributed by atoms with Crippen LogP contribution in [0.15, 0.2) is 0 Å². The molecule has 0 unspecified atom stereocenters. The third-order valence-electron chi connectivity index (χ3n) is 5.97. The van der Waals surface area contributed by atoms with Gasteiger partial charge < -0.3 is 10.6 Å². The third-order valence-corrected chi connectivity index (χ3v) is 5.97. The van der Waals surface area contributed by atoms with Gasteiger partial charge in [-0.1, -0.05) is 46.5 Å². The molecule has 0 aromatic heterocycles. The van der Waals surface area contributed by atoms with Crippen molar-refractivity contribution < 1.29 is 9.59 Å². The highest BCUT2D eigenvalue weighted by molar-refractivity contribution is 5.81. The molecule has 5 heteroatoms. The van der Waals surface area contributed by atoms with Gasteiger partial charge in [0.2, 0.25) is 11.8 Å². The topological polar surface area (TPSA) is 61.4 Å². The molecule has 2 N–H and O–H groups in total. The number of carbonyl (C=O) groups excluding carboxylic acids is 2. The summed E-state index contributed by atoms with van der Waals surface area (Å²) in [6.45, 7) is 9.45. The van der Waals surface area contributed by atoms with Crippen molar-refractivity contribution in [3.8, 4) is 0 Å². The summed E-state index contributed by atoms with van der Waals surface area (Å²) in [5.41, 5.74) is -0.182. The monoisotopic (exact) mass is 365 g/mol. The number of amides is 2. The zero-order valence-corrected chi connectivity index (χ0v) is 17.2. The van der Waals surface area contributed by atoms with E-state index in [9.17, 15) is 9.59 Å². The number of carbonyl (C=O) groups is 2. The van der Waals surface area contributed by atoms with Crippen molar-refractivity contribution in [2.24, 2.45) is 5.41 Å². The SMILES string of the molecule is CC(C)(C)C(=O)NCCCC(=O)NCC1(N2CCCCC2)CCCCC1. The molecule has 1 saturated carbocycles. The van der Waals surface area contributed by atoms with Crippen LogP contribution in [0.3, 0.4) is 0 Å². The Balaban J connectivity index is 1.74. The summed E-state index contributed by atoms with van der Waals surface area (Å²) in [7, 11) is 0. The van der Waals surface area contributed by atoms with Gasteiger partial charge in [-0.3, -0.25) is 14.5 Å². The van der Waals surface area contributed by atoms with Gasteiger partial charge in [0.1, 0.15) is 0 Å². The number of piperidine rings is 1. The highest BCUT2D eigenvalue weighted by Gasteiger charge is 2.38. The predicted octanol–water partition coefficient (Wildman–Crippen LogP) is 3.23. The quantitative estimate of drug-likeness (QED) is 0.681. The molecule has 0 atom stereocenters. The van der Waals surface area contributed by atoms with Crippen LogP contribution in [-0.2, 0) is 9.59 Å². The molecule has 2 fully saturated rings. The lowest BCUT2D eigenvalue weighted by atomic mass is 9.79. The van der Waals surface area contributed by atoms with E-state index in [1.54, 1.807) is 0 Å². The largest absolute Gasteiger partial charge is 0.356 e. The molecule has 0 bridgehead atoms. The van der Waals surface area contributed by atoms with Crippen molar-refractivity contribution in [1.82, 2.24) is 15.5 Å². The van der Waals surface area contributed by atoms with E-state index in [1.807, 2.05) is 20.8 Å². The minimum Gasteiger partial charge on any atom is -0.356 e. The van der Waals surface area contributed by atoms with Crippen LogP contribution in [0.1, 0.15) is 85.0 Å². The van der Waals surface area contributed by atoms with Crippen LogP contribution >= 0.6 is 0 Å². The van der Waals surface area contributed by atoms with E-state index in [0.717, 1.165) is 6.54 Å². The van der Waals surface area contributed by atoms with Crippen molar-refractivity contribution in [2.45, 2.75) is 90.5 Å². The van der Waals surface area contributed by atoms with Crippen LogP contribution in [0.2, 0.25) is 0 Å². The minimum atomic E-state index is -0.371. The molecule has 0 spiro atoms. The molecule has 2 rings (SSSR count). The Labute approximate surface area is 159 Å². The molecule has 1 saturated heterocycles. The summed E-state index contributed by atoms with van der Waals surface area (Å²) >= 11 is 0. The Morgan fingerprint density at radius 3 is 2.15 bits per heavy atom. The number of nitrogens with one attached hydrogen (secondary N) is 2. The molecule has 2 amide bonds. The second-order valence-electron chi connectivity index (χ2n) is 9.22. The average Bonchev–Trinajstić information content (AvgIpc) is 2.64. The fourth-order valence-electron chi connectivity index (χ4n) is 4.25. The maximum Gasteiger partial charge on any atom is 0.225 e. The zero-order valence-electron chi connectivity index (χ0n) is 17.2. The second kappa shape index (κ2) is 9.72. The molecule has 1 heterocycles. The van der Waals surface area contributed by atoms with Crippen LogP contribution in [0.4, 0.5) is 0 Å². The molecular weight excluding hydrogens is 326 g/mol. The van der Waals surface area contributed by atoms with Gasteiger partial charge in [0.15, 0.2) is 0 Å². The fourth-order valence-corrected chi connectivity index (χ4v) is 4.25. The molecule has 0 radical (unpaired) electrons. The molecule has 0 aromatic carbocycles. The lowest BCUT2D eigenvalue weighted by Gasteiger charge is -2.48. The van der Waals surface area contributed by atoms with Crippen molar-refractivity contribution in [3.05, 3.63) is 0 Å². The zero-order chi connectivity index (χ0) is 19.0. The van der Waals surface area contributed by atoms with E-state index in [2.05, 4.69) is 15.5 Å². The van der Waals surface area contributed by atoms with Crippen molar-refractivity contribution in [2.75, 3.05) is 26.2 Å². The van der Waals surface area contributed by atoms with Gasteiger partial charge in [-0.2, -0.15) is 0 Å². The van der Waals surface area contributed by atoms with Gasteiger partial charge in [-0.25, -0.2) is 0 Å². The molecule has 0 aromatic rings. The van der Waals surface area contributed by atoms with Crippen LogP contribution in [0.25, 0.3) is 0 Å². The Hall–Kier alpha value is -1.10. The molecule has 26 heavy (non-hydrogen) atoms. The minimum absolute atomic E-state index is 0.0455. The highest BCUT2D eigenvalue weighted by Crippen LogP contribution is 2.35. The first-order valence-electron chi connectivity index (χ1n) is 10.6. The number of rotatable bonds is 7. The van der Waals surface area contributed by atoms with Gasteiger partial charge >= 0.3 is 0 Å². The van der Waals surface area contributed by atoms with Gasteiger partial charge in [-0.05, 0) is 45.2 Å². The smallest absolute Gasteiger partial charge is 0.225 e. The van der Waals surface area contributed by atoms with E-state index < -0.39 is 0 Å². The lowest BCUT2D eigenvalue weighted by molar-refractivity contribution is -0.128. The fraction of sp³-hybridized carbons (Fsp3) is 0.905. The number of nitrogens with zero attached hydrogens (tertiary/aromatic N) is 1. The Kier molecular flexibility index (Phi) is 7.93. The first kappa shape index (κ1) is 21.2. The van der Waals surface area contributed by atoms with E-state index in [-0.39, 0.29) is 22.8 Å². The Bertz CT molecular complexity index is 458. The maximum atomic E-state index is 12.3. The van der Waals surface area contributed by atoms with Crippen molar-refractivity contribution >= 4 is 11.8 Å². The van der Waals surface area contributed by atoms with E-state index in [1.165, 1.54) is 64.5 Å². The van der Waals surface area contributed by atoms with Gasteiger partial charge in [0.25, 0.3) is 0 Å². The Morgan fingerprint density at radius 2 is 1.54 bits per heavy atom. The molecule has 2 aliphatic rings. The van der Waals surface area contributed by atoms with Gasteiger partial charge in [-0.15, -0.1) is 0 Å². The summed E-state index contributed by atoms with van der Waals surface area (Å²) in [4.78, 5) is 26.8. The predicted molar refractivity (Wildman–Crippen MR) is 106 cm³/mol. The van der Waals surface area contributed by atoms with E-state index in [0.29, 0.717) is 19.4 Å². The average molecular weight is 366 g/mol. The maximum absolute atomic E-state index is 12.3. The summed E-state index contributed by atoms with van der Waals surface area (Å²) in [6, 6.07) is 0. The molecule has 150 valence electrons. The normalized spacial score (nSPS) is 21.2. The summed E-state index contributed by atoms with van der Waals surface area (Å²) in [5, 5.41) is 6.13. The lowest BCUT2D eigenvalue weighted by Crippen LogP contribution is -2.58. The van der Waals surface area contributed by atoms with E-state index in [4.69, 9.17) is 0 Å². The standard InChI is InChI=1S/C21H39N3O2/c1-20(2,3)19(26)22-14-10-11-18(25)23-17-21(12-6-4-7-13-21)24-15-8-5-9-16-24/h4-17H2,1-3H3,(H,22,26)(H,23,25). The molecule has 1 aliphatic heterocycles. The second-order valence-corrected chi connectivity index (χ2v) is 9.22. The van der Waals surface area contributed by atoms with Gasteiger partial charge in [0, 0.05) is 30.5 Å². The number of hydrogen-bond donors (Lipinski definition) is 2. The third kappa shape index (κ3) is 6.26.